The fourth-order valence-electron chi connectivity index (χ4n) is 3.10. The van der Waals surface area contributed by atoms with Crippen LogP contribution in [0.3, 0.4) is 0 Å². The van der Waals surface area contributed by atoms with E-state index in [-0.39, 0.29) is 35.4 Å². The molecule has 0 bridgehead atoms. The number of ether oxygens (including phenoxy) is 1. The van der Waals surface area contributed by atoms with Crippen LogP contribution < -0.4 is 15.4 Å². The van der Waals surface area contributed by atoms with Crippen LogP contribution in [0.15, 0.2) is 46.9 Å². The average Bonchev–Trinajstić information content (AvgIpc) is 3.39. The number of amides is 1. The number of hydrogen-bond acceptors (Lipinski definition) is 6. The Kier molecular flexibility index (Phi) is 6.17. The highest BCUT2D eigenvalue weighted by Crippen LogP contribution is 2.26. The molecular formula is C20H17Cl2FN4O3. The third kappa shape index (κ3) is 4.89. The maximum atomic E-state index is 13.4. The first kappa shape index (κ1) is 20.6. The van der Waals surface area contributed by atoms with E-state index >= 15 is 0 Å². The quantitative estimate of drug-likeness (QED) is 0.593. The summed E-state index contributed by atoms with van der Waals surface area (Å²) >= 11 is 11.5. The number of benzene rings is 2. The van der Waals surface area contributed by atoms with Gasteiger partial charge in [-0.1, -0.05) is 23.2 Å². The van der Waals surface area contributed by atoms with Crippen LogP contribution in [0.4, 0.5) is 4.39 Å². The van der Waals surface area contributed by atoms with Crippen LogP contribution in [0.2, 0.25) is 10.0 Å². The van der Waals surface area contributed by atoms with E-state index in [4.69, 9.17) is 32.4 Å². The summed E-state index contributed by atoms with van der Waals surface area (Å²) in [5.74, 6) is 0.166. The molecule has 2 atom stereocenters. The highest BCUT2D eigenvalue weighted by atomic mass is 35.5. The molecule has 2 heterocycles. The summed E-state index contributed by atoms with van der Waals surface area (Å²) in [7, 11) is 0. The summed E-state index contributed by atoms with van der Waals surface area (Å²) in [6.07, 6.45) is 0.587. The molecule has 30 heavy (non-hydrogen) atoms. The first-order valence-corrected chi connectivity index (χ1v) is 9.93. The maximum Gasteiger partial charge on any atom is 0.258 e. The topological polar surface area (TPSA) is 89.3 Å². The number of hydrogen-bond donors (Lipinski definition) is 2. The van der Waals surface area contributed by atoms with Gasteiger partial charge in [0.1, 0.15) is 11.6 Å². The van der Waals surface area contributed by atoms with Gasteiger partial charge < -0.3 is 19.8 Å². The van der Waals surface area contributed by atoms with Crippen molar-refractivity contribution in [1.82, 2.24) is 20.8 Å². The van der Waals surface area contributed by atoms with Crippen LogP contribution in [0.1, 0.15) is 18.4 Å². The minimum absolute atomic E-state index is 0.00452. The molecule has 4 rings (SSSR count). The molecule has 7 nitrogen and oxygen atoms in total. The van der Waals surface area contributed by atoms with Crippen molar-refractivity contribution < 1.29 is 18.3 Å². The molecule has 1 aliphatic heterocycles. The Morgan fingerprint density at radius 1 is 1.23 bits per heavy atom. The van der Waals surface area contributed by atoms with E-state index in [0.717, 1.165) is 11.6 Å². The Labute approximate surface area is 181 Å². The lowest BCUT2D eigenvalue weighted by atomic mass is 10.1. The van der Waals surface area contributed by atoms with Crippen molar-refractivity contribution >= 4 is 29.1 Å². The highest BCUT2D eigenvalue weighted by molar-refractivity contribution is 6.31. The van der Waals surface area contributed by atoms with E-state index in [2.05, 4.69) is 20.8 Å². The lowest BCUT2D eigenvalue weighted by Gasteiger charge is -2.12. The molecule has 1 aromatic heterocycles. The van der Waals surface area contributed by atoms with Gasteiger partial charge in [0.25, 0.3) is 5.91 Å². The molecule has 156 valence electrons. The smallest absolute Gasteiger partial charge is 0.258 e. The van der Waals surface area contributed by atoms with Gasteiger partial charge in [-0.2, -0.15) is 0 Å². The average molecular weight is 451 g/mol. The minimum Gasteiger partial charge on any atom is -0.484 e. The fraction of sp³-hybridized carbons (Fsp3) is 0.250. The first-order chi connectivity index (χ1) is 14.5. The number of nitrogens with one attached hydrogen (secondary N) is 2. The van der Waals surface area contributed by atoms with Gasteiger partial charge in [-0.05, 0) is 42.8 Å². The SMILES string of the molecule is O=C(COc1ccc(Cl)c(F)c1)N[C@@H]1CN[C@@H](c2nnc(-c3ccc(Cl)cc3)o2)C1. The molecule has 0 spiro atoms. The van der Waals surface area contributed by atoms with Crippen molar-refractivity contribution in [2.75, 3.05) is 13.2 Å². The highest BCUT2D eigenvalue weighted by Gasteiger charge is 2.30. The molecule has 10 heteroatoms. The number of nitrogens with zero attached hydrogens (tertiary/aromatic N) is 2. The molecule has 3 aromatic rings. The molecule has 0 unspecified atom stereocenters. The molecule has 1 amide bonds. The zero-order chi connectivity index (χ0) is 21.1. The molecule has 0 aliphatic carbocycles. The van der Waals surface area contributed by atoms with Gasteiger partial charge in [-0.15, -0.1) is 10.2 Å². The summed E-state index contributed by atoms with van der Waals surface area (Å²) in [4.78, 5) is 12.1. The van der Waals surface area contributed by atoms with Crippen LogP contribution in [-0.2, 0) is 4.79 Å². The van der Waals surface area contributed by atoms with Crippen LogP contribution in [0.5, 0.6) is 5.75 Å². The van der Waals surface area contributed by atoms with Crippen molar-refractivity contribution in [2.45, 2.75) is 18.5 Å². The van der Waals surface area contributed by atoms with Crippen molar-refractivity contribution in [1.29, 1.82) is 0 Å². The van der Waals surface area contributed by atoms with Crippen molar-refractivity contribution in [3.05, 3.63) is 64.2 Å². The third-order valence-corrected chi connectivity index (χ3v) is 5.15. The molecule has 1 fully saturated rings. The predicted octanol–water partition coefficient (Wildman–Crippen LogP) is 3.78. The Bertz CT molecular complexity index is 1040. The molecule has 2 aromatic carbocycles. The van der Waals surface area contributed by atoms with E-state index in [9.17, 15) is 9.18 Å². The van der Waals surface area contributed by atoms with Gasteiger partial charge in [0, 0.05) is 29.2 Å². The maximum absolute atomic E-state index is 13.4. The summed E-state index contributed by atoms with van der Waals surface area (Å²) in [6, 6.07) is 10.8. The zero-order valence-electron chi connectivity index (χ0n) is 15.6. The third-order valence-electron chi connectivity index (χ3n) is 4.59. The Hall–Kier alpha value is -2.68. The minimum atomic E-state index is -0.602. The van der Waals surface area contributed by atoms with Crippen LogP contribution in [0.25, 0.3) is 11.5 Å². The number of carbonyl (C=O) groups is 1. The summed E-state index contributed by atoms with van der Waals surface area (Å²) in [5, 5.41) is 14.9. The van der Waals surface area contributed by atoms with E-state index in [1.165, 1.54) is 12.1 Å². The predicted molar refractivity (Wildman–Crippen MR) is 109 cm³/mol. The van der Waals surface area contributed by atoms with Crippen molar-refractivity contribution in [3.63, 3.8) is 0 Å². The molecule has 2 N–H and O–H groups in total. The number of halogens is 3. The Morgan fingerprint density at radius 3 is 2.80 bits per heavy atom. The van der Waals surface area contributed by atoms with Gasteiger partial charge in [0.05, 0.1) is 11.1 Å². The lowest BCUT2D eigenvalue weighted by Crippen LogP contribution is -2.39. The van der Waals surface area contributed by atoms with Gasteiger partial charge in [0.15, 0.2) is 6.61 Å². The van der Waals surface area contributed by atoms with Crippen molar-refractivity contribution in [3.8, 4) is 17.2 Å². The second kappa shape index (κ2) is 8.99. The molecular weight excluding hydrogens is 434 g/mol. The number of aromatic nitrogens is 2. The summed E-state index contributed by atoms with van der Waals surface area (Å²) in [5.41, 5.74) is 0.775. The fourth-order valence-corrected chi connectivity index (χ4v) is 3.35. The van der Waals surface area contributed by atoms with Gasteiger partial charge in [-0.25, -0.2) is 4.39 Å². The second-order valence-corrected chi connectivity index (χ2v) is 7.62. The van der Waals surface area contributed by atoms with Gasteiger partial charge >= 0.3 is 0 Å². The Balaban J connectivity index is 1.28. The van der Waals surface area contributed by atoms with E-state index < -0.39 is 5.82 Å². The second-order valence-electron chi connectivity index (χ2n) is 6.78. The van der Waals surface area contributed by atoms with Crippen LogP contribution >= 0.6 is 23.2 Å². The largest absolute Gasteiger partial charge is 0.484 e. The zero-order valence-corrected chi connectivity index (χ0v) is 17.1. The van der Waals surface area contributed by atoms with E-state index in [1.807, 2.05) is 0 Å². The number of carbonyl (C=O) groups excluding carboxylic acids is 1. The Morgan fingerprint density at radius 2 is 2.03 bits per heavy atom. The van der Waals surface area contributed by atoms with Crippen LogP contribution in [-0.4, -0.2) is 35.3 Å². The first-order valence-electron chi connectivity index (χ1n) is 9.18. The number of rotatable bonds is 6. The molecule has 0 saturated carbocycles. The van der Waals surface area contributed by atoms with Crippen molar-refractivity contribution in [2.24, 2.45) is 0 Å². The molecule has 0 radical (unpaired) electrons. The standard InChI is InChI=1S/C20H17Cl2FN4O3/c21-12-3-1-11(2-4-12)19-26-27-20(30-19)17-7-13(9-24-17)25-18(28)10-29-14-5-6-15(22)16(23)8-14/h1-6,8,13,17,24H,7,9-10H2,(H,25,28)/t13-,17+/m0/s1. The molecule has 1 saturated heterocycles. The lowest BCUT2D eigenvalue weighted by molar-refractivity contribution is -0.123. The van der Waals surface area contributed by atoms with Gasteiger partial charge in [0.2, 0.25) is 11.8 Å². The van der Waals surface area contributed by atoms with Gasteiger partial charge in [-0.3, -0.25) is 4.79 Å². The molecule has 1 aliphatic rings. The van der Waals surface area contributed by atoms with E-state index in [1.54, 1.807) is 24.3 Å². The van der Waals surface area contributed by atoms with E-state index in [0.29, 0.717) is 29.8 Å². The monoisotopic (exact) mass is 450 g/mol. The summed E-state index contributed by atoms with van der Waals surface area (Å²) < 4.78 is 24.5. The summed E-state index contributed by atoms with van der Waals surface area (Å²) in [6.45, 7) is 0.314. The van der Waals surface area contributed by atoms with Crippen LogP contribution in [0, 0.1) is 5.82 Å². The normalized spacial score (nSPS) is 18.4.